The molecule has 4 rings (SSSR count). The third-order valence-corrected chi connectivity index (χ3v) is 5.38. The Morgan fingerprint density at radius 3 is 2.56 bits per heavy atom. The van der Waals surface area contributed by atoms with Crippen LogP contribution in [0.25, 0.3) is 0 Å². The van der Waals surface area contributed by atoms with Gasteiger partial charge in [0.25, 0.3) is 0 Å². The summed E-state index contributed by atoms with van der Waals surface area (Å²) in [4.78, 5) is 37.4. The highest BCUT2D eigenvalue weighted by Crippen LogP contribution is 2.21. The summed E-state index contributed by atoms with van der Waals surface area (Å²) in [7, 11) is 0. The Morgan fingerprint density at radius 2 is 1.75 bits per heavy atom. The van der Waals surface area contributed by atoms with Crippen molar-refractivity contribution in [3.05, 3.63) is 70.4 Å². The number of rotatable bonds is 5. The zero-order chi connectivity index (χ0) is 22.5. The molecule has 32 heavy (non-hydrogen) atoms. The third kappa shape index (κ3) is 5.05. The van der Waals surface area contributed by atoms with E-state index in [0.717, 1.165) is 37.1 Å². The molecule has 0 saturated heterocycles. The number of carbonyl (C=O) groups excluding carboxylic acids is 2. The third-order valence-electron chi connectivity index (χ3n) is 5.38. The summed E-state index contributed by atoms with van der Waals surface area (Å²) in [5, 5.41) is 12.7. The van der Waals surface area contributed by atoms with Crippen LogP contribution in [0.2, 0.25) is 0 Å². The number of nitrogens with one attached hydrogen (secondary N) is 3. The molecule has 2 heterocycles. The first-order valence-electron chi connectivity index (χ1n) is 10.7. The number of carbonyl (C=O) groups is 2. The Labute approximate surface area is 185 Å². The largest absolute Gasteiger partial charge is 0.346 e. The average molecular weight is 435 g/mol. The Bertz CT molecular complexity index is 1180. The molecule has 9 heteroatoms. The van der Waals surface area contributed by atoms with Crippen LogP contribution < -0.4 is 21.6 Å². The molecule has 0 saturated carbocycles. The van der Waals surface area contributed by atoms with Crippen molar-refractivity contribution in [2.45, 2.75) is 45.7 Å². The van der Waals surface area contributed by atoms with Crippen LogP contribution in [0.15, 0.2) is 53.3 Å². The van der Waals surface area contributed by atoms with Crippen LogP contribution in [0.3, 0.4) is 0 Å². The fraction of sp³-hybridized carbons (Fsp3) is 0.304. The molecule has 1 aliphatic rings. The van der Waals surface area contributed by atoms with Crippen molar-refractivity contribution in [3.8, 4) is 0 Å². The predicted octanol–water partition coefficient (Wildman–Crippen LogP) is 3.36. The minimum Gasteiger partial charge on any atom is -0.324 e. The standard InChI is InChI=1S/C23H26N6O3/c1-16-11-12-18(25-22(31)24-17-8-4-2-5-9-17)14-19(16)26-21(30)15-29-23(32)28-13-7-3-6-10-20(28)27-29/h2,4-5,8-9,11-12,14H,3,6-7,10,13,15H2,1H3,(H,26,30)(H2,24,25,31). The zero-order valence-electron chi connectivity index (χ0n) is 17.9. The van der Waals surface area contributed by atoms with Gasteiger partial charge in [-0.25, -0.2) is 14.3 Å². The maximum Gasteiger partial charge on any atom is 0.346 e. The van der Waals surface area contributed by atoms with E-state index >= 15 is 0 Å². The monoisotopic (exact) mass is 434 g/mol. The Balaban J connectivity index is 1.41. The minimum atomic E-state index is -0.386. The van der Waals surface area contributed by atoms with Crippen molar-refractivity contribution in [2.75, 3.05) is 16.0 Å². The fourth-order valence-electron chi connectivity index (χ4n) is 3.70. The van der Waals surface area contributed by atoms with Crippen LogP contribution in [-0.4, -0.2) is 26.3 Å². The molecule has 3 N–H and O–H groups in total. The number of anilines is 3. The van der Waals surface area contributed by atoms with Gasteiger partial charge in [0.1, 0.15) is 12.4 Å². The van der Waals surface area contributed by atoms with E-state index in [0.29, 0.717) is 23.6 Å². The summed E-state index contributed by atoms with van der Waals surface area (Å²) >= 11 is 0. The van der Waals surface area contributed by atoms with E-state index < -0.39 is 0 Å². The van der Waals surface area contributed by atoms with E-state index in [1.54, 1.807) is 34.9 Å². The molecule has 0 fully saturated rings. The second-order valence-corrected chi connectivity index (χ2v) is 7.84. The first-order valence-corrected chi connectivity index (χ1v) is 10.7. The van der Waals surface area contributed by atoms with Gasteiger partial charge in [0.05, 0.1) is 0 Å². The molecule has 0 atom stereocenters. The lowest BCUT2D eigenvalue weighted by Crippen LogP contribution is -2.30. The molecule has 3 amide bonds. The summed E-state index contributed by atoms with van der Waals surface area (Å²) in [6.45, 7) is 2.34. The molecule has 9 nitrogen and oxygen atoms in total. The van der Waals surface area contributed by atoms with Crippen LogP contribution in [0.1, 0.15) is 30.7 Å². The van der Waals surface area contributed by atoms with Crippen molar-refractivity contribution in [1.82, 2.24) is 14.3 Å². The summed E-state index contributed by atoms with van der Waals surface area (Å²) < 4.78 is 2.89. The number of urea groups is 1. The number of benzene rings is 2. The topological polar surface area (TPSA) is 110 Å². The number of nitrogens with zero attached hydrogens (tertiary/aromatic N) is 3. The summed E-state index contributed by atoms with van der Waals surface area (Å²) in [5.74, 6) is 0.390. The Hall–Kier alpha value is -3.88. The second-order valence-electron chi connectivity index (χ2n) is 7.84. The summed E-state index contributed by atoms with van der Waals surface area (Å²) in [5.41, 5.74) is 2.35. The average Bonchev–Trinajstić information content (AvgIpc) is 2.92. The number of para-hydroxylation sites is 1. The molecule has 0 spiro atoms. The number of aromatic nitrogens is 3. The highest BCUT2D eigenvalue weighted by atomic mass is 16.2. The highest BCUT2D eigenvalue weighted by molar-refractivity contribution is 6.00. The van der Waals surface area contributed by atoms with Gasteiger partial charge in [-0.2, -0.15) is 5.10 Å². The van der Waals surface area contributed by atoms with Crippen molar-refractivity contribution in [3.63, 3.8) is 0 Å². The quantitative estimate of drug-likeness (QED) is 0.572. The summed E-state index contributed by atoms with van der Waals surface area (Å²) in [6.07, 6.45) is 3.78. The zero-order valence-corrected chi connectivity index (χ0v) is 17.9. The molecular formula is C23H26N6O3. The molecule has 3 aromatic rings. The van der Waals surface area contributed by atoms with Gasteiger partial charge in [-0.3, -0.25) is 9.36 Å². The van der Waals surface area contributed by atoms with Gasteiger partial charge in [-0.05, 0) is 49.6 Å². The molecule has 0 bridgehead atoms. The molecule has 2 aromatic carbocycles. The van der Waals surface area contributed by atoms with Crippen molar-refractivity contribution < 1.29 is 9.59 Å². The minimum absolute atomic E-state index is 0.162. The van der Waals surface area contributed by atoms with Crippen molar-refractivity contribution in [1.29, 1.82) is 0 Å². The predicted molar refractivity (Wildman–Crippen MR) is 123 cm³/mol. The lowest BCUT2D eigenvalue weighted by molar-refractivity contribution is -0.117. The lowest BCUT2D eigenvalue weighted by atomic mass is 10.1. The van der Waals surface area contributed by atoms with Gasteiger partial charge in [-0.1, -0.05) is 30.7 Å². The number of hydrogen-bond donors (Lipinski definition) is 3. The molecule has 0 unspecified atom stereocenters. The van der Waals surface area contributed by atoms with E-state index in [1.165, 1.54) is 4.68 Å². The van der Waals surface area contributed by atoms with Crippen LogP contribution in [0.5, 0.6) is 0 Å². The van der Waals surface area contributed by atoms with Crippen molar-refractivity contribution >= 4 is 29.0 Å². The van der Waals surface area contributed by atoms with Gasteiger partial charge in [-0.15, -0.1) is 0 Å². The van der Waals surface area contributed by atoms with Crippen LogP contribution in [0.4, 0.5) is 21.9 Å². The molecule has 1 aliphatic heterocycles. The first kappa shape index (κ1) is 21.4. The van der Waals surface area contributed by atoms with Crippen LogP contribution >= 0.6 is 0 Å². The Morgan fingerprint density at radius 1 is 0.969 bits per heavy atom. The van der Waals surface area contributed by atoms with Gasteiger partial charge >= 0.3 is 11.7 Å². The van der Waals surface area contributed by atoms with E-state index in [1.807, 2.05) is 25.1 Å². The normalized spacial score (nSPS) is 13.0. The number of hydrogen-bond acceptors (Lipinski definition) is 4. The first-order chi connectivity index (χ1) is 15.5. The van der Waals surface area contributed by atoms with E-state index in [4.69, 9.17) is 0 Å². The smallest absolute Gasteiger partial charge is 0.324 e. The van der Waals surface area contributed by atoms with Crippen molar-refractivity contribution in [2.24, 2.45) is 0 Å². The number of amides is 3. The SMILES string of the molecule is Cc1ccc(NC(=O)Nc2ccccc2)cc1NC(=O)Cn1nc2n(c1=O)CCCCC2. The van der Waals surface area contributed by atoms with Gasteiger partial charge in [0.2, 0.25) is 5.91 Å². The van der Waals surface area contributed by atoms with E-state index in [-0.39, 0.29) is 24.2 Å². The molecule has 166 valence electrons. The van der Waals surface area contributed by atoms with Crippen LogP contribution in [0, 0.1) is 6.92 Å². The van der Waals surface area contributed by atoms with Gasteiger partial charge < -0.3 is 16.0 Å². The number of aryl methyl sites for hydroxylation is 2. The van der Waals surface area contributed by atoms with Crippen LogP contribution in [-0.2, 0) is 24.3 Å². The highest BCUT2D eigenvalue weighted by Gasteiger charge is 2.17. The number of fused-ring (bicyclic) bond motifs is 1. The lowest BCUT2D eigenvalue weighted by Gasteiger charge is -2.12. The van der Waals surface area contributed by atoms with E-state index in [9.17, 15) is 14.4 Å². The van der Waals surface area contributed by atoms with Gasteiger partial charge in [0.15, 0.2) is 0 Å². The molecule has 0 aliphatic carbocycles. The second kappa shape index (κ2) is 9.51. The summed E-state index contributed by atoms with van der Waals surface area (Å²) in [6, 6.07) is 14.0. The van der Waals surface area contributed by atoms with Gasteiger partial charge in [0, 0.05) is 30.0 Å². The maximum absolute atomic E-state index is 12.6. The Kier molecular flexibility index (Phi) is 6.34. The fourth-order valence-corrected chi connectivity index (χ4v) is 3.70. The molecular weight excluding hydrogens is 408 g/mol. The molecule has 1 aromatic heterocycles. The van der Waals surface area contributed by atoms with E-state index in [2.05, 4.69) is 21.0 Å². The molecule has 0 radical (unpaired) electrons. The maximum atomic E-state index is 12.6.